The Labute approximate surface area is 178 Å². The van der Waals surface area contributed by atoms with Gasteiger partial charge in [-0.05, 0) is 17.2 Å². The highest BCUT2D eigenvalue weighted by Crippen LogP contribution is 2.19. The Bertz CT molecular complexity index is 726. The third-order valence-electron chi connectivity index (χ3n) is 4.47. The number of aromatic nitrogens is 2. The molecular formula is C19H29IN6O. The number of hydrogen-bond acceptors (Lipinski definition) is 4. The summed E-state index contributed by atoms with van der Waals surface area (Å²) in [5, 5.41) is 11.0. The second-order valence-electron chi connectivity index (χ2n) is 6.41. The van der Waals surface area contributed by atoms with Crippen LogP contribution in [0, 0.1) is 0 Å². The number of rotatable bonds is 6. The van der Waals surface area contributed by atoms with Crippen LogP contribution in [-0.2, 0) is 18.3 Å². The van der Waals surface area contributed by atoms with Crippen molar-refractivity contribution in [1.29, 1.82) is 0 Å². The smallest absolute Gasteiger partial charge is 0.191 e. The van der Waals surface area contributed by atoms with E-state index in [2.05, 4.69) is 49.9 Å². The molecule has 1 aliphatic rings. The molecular weight excluding hydrogens is 455 g/mol. The van der Waals surface area contributed by atoms with Gasteiger partial charge in [0.05, 0.1) is 19.4 Å². The Morgan fingerprint density at radius 3 is 2.74 bits per heavy atom. The first-order valence-corrected chi connectivity index (χ1v) is 9.07. The summed E-state index contributed by atoms with van der Waals surface area (Å²) in [5.74, 6) is 0.824. The van der Waals surface area contributed by atoms with Gasteiger partial charge in [-0.2, -0.15) is 5.10 Å². The number of nitrogens with one attached hydrogen (secondary N) is 2. The molecule has 2 aromatic rings. The zero-order valence-electron chi connectivity index (χ0n) is 16.0. The van der Waals surface area contributed by atoms with Crippen LogP contribution in [0.2, 0.25) is 0 Å². The lowest BCUT2D eigenvalue weighted by atomic mass is 10.1. The van der Waals surface area contributed by atoms with E-state index in [1.807, 2.05) is 24.1 Å². The van der Waals surface area contributed by atoms with Gasteiger partial charge in [-0.25, -0.2) is 0 Å². The molecule has 2 heterocycles. The SMILES string of the molecule is CN=C(NCCN1CCOCC1)NCc1cccc(-c2cnn(C)c2)c1.I. The van der Waals surface area contributed by atoms with Crippen molar-refractivity contribution in [2.75, 3.05) is 46.4 Å². The minimum Gasteiger partial charge on any atom is -0.379 e. The quantitative estimate of drug-likeness (QED) is 0.372. The van der Waals surface area contributed by atoms with E-state index in [1.54, 1.807) is 7.05 Å². The van der Waals surface area contributed by atoms with Crippen molar-refractivity contribution in [3.05, 3.63) is 42.2 Å². The van der Waals surface area contributed by atoms with Gasteiger partial charge in [0.15, 0.2) is 5.96 Å². The molecule has 7 nitrogen and oxygen atoms in total. The lowest BCUT2D eigenvalue weighted by Crippen LogP contribution is -2.44. The standard InChI is InChI=1S/C19H28N6O.HI/c1-20-19(21-6-7-25-8-10-26-11-9-25)22-13-16-4-3-5-17(12-16)18-14-23-24(2)15-18;/h3-5,12,14-15H,6-11,13H2,1-2H3,(H2,20,21,22);1H. The van der Waals surface area contributed by atoms with Crippen LogP contribution in [0.4, 0.5) is 0 Å². The first-order chi connectivity index (χ1) is 12.7. The number of aryl methyl sites for hydroxylation is 1. The second kappa shape index (κ2) is 11.3. The zero-order valence-corrected chi connectivity index (χ0v) is 18.3. The van der Waals surface area contributed by atoms with E-state index >= 15 is 0 Å². The lowest BCUT2D eigenvalue weighted by molar-refractivity contribution is 0.0389. The Hall–Kier alpha value is -1.65. The van der Waals surface area contributed by atoms with Crippen LogP contribution in [-0.4, -0.2) is 67.1 Å². The Morgan fingerprint density at radius 1 is 1.22 bits per heavy atom. The van der Waals surface area contributed by atoms with E-state index in [0.29, 0.717) is 0 Å². The molecule has 1 fully saturated rings. The summed E-state index contributed by atoms with van der Waals surface area (Å²) in [5.41, 5.74) is 3.51. The predicted octanol–water partition coefficient (Wildman–Crippen LogP) is 1.70. The molecule has 27 heavy (non-hydrogen) atoms. The molecule has 148 valence electrons. The molecule has 0 amide bonds. The van der Waals surface area contributed by atoms with Crippen LogP contribution in [0.1, 0.15) is 5.56 Å². The van der Waals surface area contributed by atoms with E-state index in [1.165, 1.54) is 11.1 Å². The van der Waals surface area contributed by atoms with Gasteiger partial charge in [0.1, 0.15) is 0 Å². The van der Waals surface area contributed by atoms with Gasteiger partial charge in [0.25, 0.3) is 0 Å². The Balaban J connectivity index is 0.00000261. The van der Waals surface area contributed by atoms with Crippen LogP contribution in [0.25, 0.3) is 11.1 Å². The average Bonchev–Trinajstić information content (AvgIpc) is 3.12. The summed E-state index contributed by atoms with van der Waals surface area (Å²) < 4.78 is 7.20. The van der Waals surface area contributed by atoms with Gasteiger partial charge >= 0.3 is 0 Å². The van der Waals surface area contributed by atoms with Crippen molar-refractivity contribution in [2.45, 2.75) is 6.54 Å². The number of hydrogen-bond donors (Lipinski definition) is 2. The lowest BCUT2D eigenvalue weighted by Gasteiger charge is -2.26. The molecule has 8 heteroatoms. The van der Waals surface area contributed by atoms with Gasteiger partial charge in [-0.1, -0.05) is 18.2 Å². The number of morpholine rings is 1. The van der Waals surface area contributed by atoms with E-state index in [-0.39, 0.29) is 24.0 Å². The largest absolute Gasteiger partial charge is 0.379 e. The number of ether oxygens (including phenoxy) is 1. The second-order valence-corrected chi connectivity index (χ2v) is 6.41. The fourth-order valence-corrected chi connectivity index (χ4v) is 2.99. The van der Waals surface area contributed by atoms with Crippen molar-refractivity contribution < 1.29 is 4.74 Å². The van der Waals surface area contributed by atoms with E-state index in [0.717, 1.165) is 57.5 Å². The minimum absolute atomic E-state index is 0. The summed E-state index contributed by atoms with van der Waals surface area (Å²) >= 11 is 0. The van der Waals surface area contributed by atoms with Gasteiger partial charge in [-0.3, -0.25) is 14.6 Å². The number of benzene rings is 1. The normalized spacial score (nSPS) is 15.3. The molecule has 1 aromatic carbocycles. The monoisotopic (exact) mass is 484 g/mol. The Morgan fingerprint density at radius 2 is 2.04 bits per heavy atom. The summed E-state index contributed by atoms with van der Waals surface area (Å²) in [6.45, 7) is 6.28. The predicted molar refractivity (Wildman–Crippen MR) is 120 cm³/mol. The fourth-order valence-electron chi connectivity index (χ4n) is 2.99. The molecule has 1 aromatic heterocycles. The van der Waals surface area contributed by atoms with Crippen LogP contribution in [0.3, 0.4) is 0 Å². The summed E-state index contributed by atoms with van der Waals surface area (Å²) in [6, 6.07) is 8.49. The van der Waals surface area contributed by atoms with Crippen LogP contribution >= 0.6 is 24.0 Å². The third kappa shape index (κ3) is 6.78. The van der Waals surface area contributed by atoms with Gasteiger partial charge in [0.2, 0.25) is 0 Å². The van der Waals surface area contributed by atoms with Gasteiger partial charge < -0.3 is 15.4 Å². The topological polar surface area (TPSA) is 66.7 Å². The average molecular weight is 484 g/mol. The van der Waals surface area contributed by atoms with Crippen molar-refractivity contribution in [1.82, 2.24) is 25.3 Å². The molecule has 2 N–H and O–H groups in total. The molecule has 3 rings (SSSR count). The first kappa shape index (κ1) is 21.6. The maximum atomic E-state index is 5.38. The zero-order chi connectivity index (χ0) is 18.2. The third-order valence-corrected chi connectivity index (χ3v) is 4.47. The molecule has 1 aliphatic heterocycles. The van der Waals surface area contributed by atoms with Gasteiger partial charge in [0, 0.05) is 58.6 Å². The first-order valence-electron chi connectivity index (χ1n) is 9.07. The molecule has 0 saturated carbocycles. The molecule has 0 unspecified atom stereocenters. The number of guanidine groups is 1. The van der Waals surface area contributed by atoms with E-state index in [9.17, 15) is 0 Å². The molecule has 0 spiro atoms. The Kier molecular flexibility index (Phi) is 9.02. The molecule has 0 aliphatic carbocycles. The molecule has 1 saturated heterocycles. The highest BCUT2D eigenvalue weighted by molar-refractivity contribution is 14.0. The number of aliphatic imine (C=N–C) groups is 1. The van der Waals surface area contributed by atoms with Crippen LogP contribution < -0.4 is 10.6 Å². The van der Waals surface area contributed by atoms with Crippen molar-refractivity contribution in [2.24, 2.45) is 12.0 Å². The number of nitrogens with zero attached hydrogens (tertiary/aromatic N) is 4. The minimum atomic E-state index is 0. The van der Waals surface area contributed by atoms with E-state index < -0.39 is 0 Å². The van der Waals surface area contributed by atoms with Crippen molar-refractivity contribution in [3.63, 3.8) is 0 Å². The molecule has 0 atom stereocenters. The summed E-state index contributed by atoms with van der Waals surface area (Å²) in [7, 11) is 3.73. The maximum absolute atomic E-state index is 5.38. The van der Waals surface area contributed by atoms with Gasteiger partial charge in [-0.15, -0.1) is 24.0 Å². The fraction of sp³-hybridized carbons (Fsp3) is 0.474. The summed E-state index contributed by atoms with van der Waals surface area (Å²) in [6.07, 6.45) is 3.91. The highest BCUT2D eigenvalue weighted by Gasteiger charge is 2.09. The van der Waals surface area contributed by atoms with Crippen LogP contribution in [0.5, 0.6) is 0 Å². The molecule has 0 bridgehead atoms. The van der Waals surface area contributed by atoms with E-state index in [4.69, 9.17) is 4.74 Å². The van der Waals surface area contributed by atoms with Crippen LogP contribution in [0.15, 0.2) is 41.7 Å². The van der Waals surface area contributed by atoms with Crippen molar-refractivity contribution in [3.8, 4) is 11.1 Å². The molecule has 0 radical (unpaired) electrons. The van der Waals surface area contributed by atoms with Crippen molar-refractivity contribution >= 4 is 29.9 Å². The highest BCUT2D eigenvalue weighted by atomic mass is 127. The summed E-state index contributed by atoms with van der Waals surface area (Å²) in [4.78, 5) is 6.71. The number of halogens is 1. The maximum Gasteiger partial charge on any atom is 0.191 e.